The lowest BCUT2D eigenvalue weighted by Gasteiger charge is -2.27. The van der Waals surface area contributed by atoms with Crippen molar-refractivity contribution >= 4 is 0 Å². The van der Waals surface area contributed by atoms with Gasteiger partial charge in [0.1, 0.15) is 5.75 Å². The number of hydrogen-bond acceptors (Lipinski definition) is 3. The van der Waals surface area contributed by atoms with Crippen LogP contribution >= 0.6 is 0 Å². The Kier molecular flexibility index (Phi) is 4.27. The number of benzene rings is 1. The highest BCUT2D eigenvalue weighted by Crippen LogP contribution is 2.40. The van der Waals surface area contributed by atoms with Gasteiger partial charge in [-0.2, -0.15) is 0 Å². The Morgan fingerprint density at radius 2 is 1.85 bits per heavy atom. The number of likely N-dealkylation sites (N-methyl/N-ethyl adjacent to an activating group) is 1. The minimum Gasteiger partial charge on any atom is -0.490 e. The van der Waals surface area contributed by atoms with Gasteiger partial charge in [0.2, 0.25) is 0 Å². The van der Waals surface area contributed by atoms with Crippen molar-refractivity contribution in [2.24, 2.45) is 5.92 Å². The maximum absolute atomic E-state index is 5.98. The quantitative estimate of drug-likeness (QED) is 0.789. The molecule has 3 nitrogen and oxygen atoms in total. The molecular weight excluding hydrogens is 250 g/mol. The van der Waals surface area contributed by atoms with Gasteiger partial charge in [0, 0.05) is 6.61 Å². The van der Waals surface area contributed by atoms with E-state index in [9.17, 15) is 0 Å². The van der Waals surface area contributed by atoms with Crippen LogP contribution in [0.2, 0.25) is 0 Å². The van der Waals surface area contributed by atoms with E-state index in [1.165, 1.54) is 31.2 Å². The van der Waals surface area contributed by atoms with Gasteiger partial charge in [-0.05, 0) is 63.3 Å². The van der Waals surface area contributed by atoms with Gasteiger partial charge in [0.25, 0.3) is 0 Å². The standard InChI is InChI=1S/C17H25NO2/c1-3-19-17(13-4-5-13)16(18-2)12-6-8-14(9-7-12)20-15-10-11-15/h6-9,13,15-18H,3-5,10-11H2,1-2H3. The Bertz CT molecular complexity index is 423. The molecule has 1 aromatic carbocycles. The molecule has 2 saturated carbocycles. The number of rotatable bonds is 8. The predicted octanol–water partition coefficient (Wildman–Crippen LogP) is 3.30. The molecule has 0 bridgehead atoms. The van der Waals surface area contributed by atoms with Crippen LogP contribution in [0.25, 0.3) is 0 Å². The van der Waals surface area contributed by atoms with Gasteiger partial charge in [-0.3, -0.25) is 0 Å². The van der Waals surface area contributed by atoms with Crippen molar-refractivity contribution in [3.8, 4) is 5.75 Å². The highest BCUT2D eigenvalue weighted by atomic mass is 16.5. The fraction of sp³-hybridized carbons (Fsp3) is 0.647. The lowest BCUT2D eigenvalue weighted by Crippen LogP contribution is -2.33. The normalized spacial score (nSPS) is 21.5. The van der Waals surface area contributed by atoms with Crippen LogP contribution in [0, 0.1) is 5.92 Å². The molecule has 2 fully saturated rings. The zero-order valence-corrected chi connectivity index (χ0v) is 12.5. The van der Waals surface area contributed by atoms with Gasteiger partial charge in [-0.1, -0.05) is 12.1 Å². The second kappa shape index (κ2) is 6.15. The summed E-state index contributed by atoms with van der Waals surface area (Å²) < 4.78 is 11.8. The number of ether oxygens (including phenoxy) is 2. The maximum Gasteiger partial charge on any atom is 0.119 e. The SMILES string of the molecule is CCOC(C1CC1)C(NC)c1ccc(OC2CC2)cc1. The molecule has 1 aromatic rings. The fourth-order valence-electron chi connectivity index (χ4n) is 2.77. The van der Waals surface area contributed by atoms with Gasteiger partial charge in [0.05, 0.1) is 18.2 Å². The summed E-state index contributed by atoms with van der Waals surface area (Å²) in [6, 6.07) is 8.81. The Hall–Kier alpha value is -1.06. The third-order valence-electron chi connectivity index (χ3n) is 4.15. The molecule has 2 atom stereocenters. The smallest absolute Gasteiger partial charge is 0.119 e. The average molecular weight is 275 g/mol. The Labute approximate surface area is 121 Å². The van der Waals surface area contributed by atoms with Crippen LogP contribution in [-0.2, 0) is 4.74 Å². The van der Waals surface area contributed by atoms with E-state index < -0.39 is 0 Å². The van der Waals surface area contributed by atoms with Crippen LogP contribution in [0.3, 0.4) is 0 Å². The van der Waals surface area contributed by atoms with E-state index in [-0.39, 0.29) is 6.04 Å². The largest absolute Gasteiger partial charge is 0.490 e. The first-order valence-electron chi connectivity index (χ1n) is 7.87. The first kappa shape index (κ1) is 13.9. The molecule has 3 rings (SSSR count). The van der Waals surface area contributed by atoms with E-state index >= 15 is 0 Å². The summed E-state index contributed by atoms with van der Waals surface area (Å²) in [6.07, 6.45) is 5.75. The Morgan fingerprint density at radius 1 is 1.15 bits per heavy atom. The summed E-state index contributed by atoms with van der Waals surface area (Å²) in [6.45, 7) is 2.86. The molecule has 2 unspecified atom stereocenters. The summed E-state index contributed by atoms with van der Waals surface area (Å²) in [7, 11) is 2.02. The van der Waals surface area contributed by atoms with Gasteiger partial charge >= 0.3 is 0 Å². The van der Waals surface area contributed by atoms with E-state index in [1.807, 2.05) is 7.05 Å². The van der Waals surface area contributed by atoms with Gasteiger partial charge < -0.3 is 14.8 Å². The van der Waals surface area contributed by atoms with E-state index in [0.29, 0.717) is 12.2 Å². The summed E-state index contributed by atoms with van der Waals surface area (Å²) in [5, 5.41) is 3.43. The second-order valence-electron chi connectivity index (χ2n) is 5.91. The number of hydrogen-bond donors (Lipinski definition) is 1. The third-order valence-corrected chi connectivity index (χ3v) is 4.15. The molecule has 20 heavy (non-hydrogen) atoms. The molecule has 0 aromatic heterocycles. The van der Waals surface area contributed by atoms with Gasteiger partial charge in [-0.15, -0.1) is 0 Å². The van der Waals surface area contributed by atoms with Crippen molar-refractivity contribution in [3.63, 3.8) is 0 Å². The second-order valence-corrected chi connectivity index (χ2v) is 5.91. The van der Waals surface area contributed by atoms with Crippen molar-refractivity contribution in [2.45, 2.75) is 50.9 Å². The predicted molar refractivity (Wildman–Crippen MR) is 80.0 cm³/mol. The molecule has 0 radical (unpaired) electrons. The zero-order chi connectivity index (χ0) is 13.9. The monoisotopic (exact) mass is 275 g/mol. The van der Waals surface area contributed by atoms with E-state index in [1.54, 1.807) is 0 Å². The average Bonchev–Trinajstić information content (AvgIpc) is 3.35. The van der Waals surface area contributed by atoms with Crippen LogP contribution in [0.4, 0.5) is 0 Å². The van der Waals surface area contributed by atoms with Crippen LogP contribution in [0.1, 0.15) is 44.2 Å². The maximum atomic E-state index is 5.98. The van der Waals surface area contributed by atoms with Crippen molar-refractivity contribution < 1.29 is 9.47 Å². The minimum atomic E-state index is 0.275. The summed E-state index contributed by atoms with van der Waals surface area (Å²) in [5.74, 6) is 1.71. The lowest BCUT2D eigenvalue weighted by molar-refractivity contribution is 0.0204. The zero-order valence-electron chi connectivity index (χ0n) is 12.5. The summed E-state index contributed by atoms with van der Waals surface area (Å²) in [4.78, 5) is 0. The van der Waals surface area contributed by atoms with E-state index in [0.717, 1.165) is 18.3 Å². The molecule has 0 heterocycles. The minimum absolute atomic E-state index is 0.275. The Balaban J connectivity index is 1.69. The summed E-state index contributed by atoms with van der Waals surface area (Å²) >= 11 is 0. The van der Waals surface area contributed by atoms with E-state index in [2.05, 4.69) is 36.5 Å². The molecule has 2 aliphatic carbocycles. The first-order valence-corrected chi connectivity index (χ1v) is 7.87. The molecule has 0 saturated heterocycles. The molecule has 1 N–H and O–H groups in total. The Morgan fingerprint density at radius 3 is 2.35 bits per heavy atom. The third kappa shape index (κ3) is 3.33. The topological polar surface area (TPSA) is 30.5 Å². The summed E-state index contributed by atoms with van der Waals surface area (Å²) in [5.41, 5.74) is 1.29. The molecule has 2 aliphatic rings. The van der Waals surface area contributed by atoms with Crippen LogP contribution in [0.15, 0.2) is 24.3 Å². The van der Waals surface area contributed by atoms with Crippen molar-refractivity contribution in [1.29, 1.82) is 0 Å². The van der Waals surface area contributed by atoms with Crippen LogP contribution in [-0.4, -0.2) is 25.9 Å². The molecule has 0 spiro atoms. The van der Waals surface area contributed by atoms with Crippen molar-refractivity contribution in [2.75, 3.05) is 13.7 Å². The molecular formula is C17H25NO2. The molecule has 0 amide bonds. The van der Waals surface area contributed by atoms with Crippen molar-refractivity contribution in [1.82, 2.24) is 5.32 Å². The van der Waals surface area contributed by atoms with Gasteiger partial charge in [0.15, 0.2) is 0 Å². The number of nitrogens with one attached hydrogen (secondary N) is 1. The fourth-order valence-corrected chi connectivity index (χ4v) is 2.77. The molecule has 0 aliphatic heterocycles. The van der Waals surface area contributed by atoms with Gasteiger partial charge in [-0.25, -0.2) is 0 Å². The molecule has 110 valence electrons. The lowest BCUT2D eigenvalue weighted by atomic mass is 9.98. The highest BCUT2D eigenvalue weighted by molar-refractivity contribution is 5.30. The van der Waals surface area contributed by atoms with Crippen LogP contribution in [0.5, 0.6) is 5.75 Å². The van der Waals surface area contributed by atoms with Crippen LogP contribution < -0.4 is 10.1 Å². The van der Waals surface area contributed by atoms with Crippen molar-refractivity contribution in [3.05, 3.63) is 29.8 Å². The highest BCUT2D eigenvalue weighted by Gasteiger charge is 2.37. The van der Waals surface area contributed by atoms with E-state index in [4.69, 9.17) is 9.47 Å². The molecule has 3 heteroatoms. The first-order chi connectivity index (χ1) is 9.81.